The Morgan fingerprint density at radius 3 is 2.24 bits per heavy atom. The first-order valence-corrected chi connectivity index (χ1v) is 9.68. The van der Waals surface area contributed by atoms with Crippen LogP contribution in [-0.4, -0.2) is 44.0 Å². The zero-order valence-corrected chi connectivity index (χ0v) is 17.0. The van der Waals surface area contributed by atoms with Crippen molar-refractivity contribution in [2.24, 2.45) is 0 Å². The maximum absolute atomic E-state index is 12.2. The van der Waals surface area contributed by atoms with E-state index in [2.05, 4.69) is 29.4 Å². The molecule has 0 heterocycles. The monoisotopic (exact) mass is 397 g/mol. The Labute approximate surface area is 171 Å². The predicted molar refractivity (Wildman–Crippen MR) is 113 cm³/mol. The van der Waals surface area contributed by atoms with Gasteiger partial charge in [0.15, 0.2) is 6.61 Å². The number of carbonyl (C=O) groups is 3. The number of benzene rings is 2. The van der Waals surface area contributed by atoms with Crippen LogP contribution < -0.4 is 15.5 Å². The van der Waals surface area contributed by atoms with Crippen molar-refractivity contribution < 1.29 is 19.1 Å². The minimum absolute atomic E-state index is 0.219. The number of hydrogen-bond acceptors (Lipinski definition) is 5. The quantitative estimate of drug-likeness (QED) is 0.635. The number of nitrogens with one attached hydrogen (secondary N) is 2. The van der Waals surface area contributed by atoms with Gasteiger partial charge >= 0.3 is 5.97 Å². The third-order valence-electron chi connectivity index (χ3n) is 4.31. The van der Waals surface area contributed by atoms with Gasteiger partial charge in [0.2, 0.25) is 0 Å². The smallest absolute Gasteiger partial charge is 0.338 e. The number of hydrogen-bond donors (Lipinski definition) is 2. The van der Waals surface area contributed by atoms with Gasteiger partial charge in [-0.25, -0.2) is 4.79 Å². The van der Waals surface area contributed by atoms with Crippen LogP contribution in [0.3, 0.4) is 0 Å². The lowest BCUT2D eigenvalue weighted by molar-refractivity contribution is -0.119. The Morgan fingerprint density at radius 2 is 1.62 bits per heavy atom. The number of amides is 2. The molecule has 0 aliphatic carbocycles. The summed E-state index contributed by atoms with van der Waals surface area (Å²) in [5.41, 5.74) is 2.30. The molecular formula is C22H27N3O4. The third-order valence-corrected chi connectivity index (χ3v) is 4.31. The molecule has 2 rings (SSSR count). The van der Waals surface area contributed by atoms with Crippen LogP contribution in [0.25, 0.3) is 0 Å². The summed E-state index contributed by atoms with van der Waals surface area (Å²) >= 11 is 0. The van der Waals surface area contributed by atoms with Crippen LogP contribution in [0.5, 0.6) is 0 Å². The Hall–Kier alpha value is -3.35. The summed E-state index contributed by atoms with van der Waals surface area (Å²) in [4.78, 5) is 38.3. The fourth-order valence-corrected chi connectivity index (χ4v) is 2.81. The van der Waals surface area contributed by atoms with Crippen LogP contribution in [-0.2, 0) is 9.53 Å². The van der Waals surface area contributed by atoms with E-state index in [1.807, 2.05) is 19.1 Å². The normalized spacial score (nSPS) is 10.2. The maximum atomic E-state index is 12.2. The van der Waals surface area contributed by atoms with E-state index in [4.69, 9.17) is 4.74 Å². The largest absolute Gasteiger partial charge is 0.452 e. The average molecular weight is 397 g/mol. The Morgan fingerprint density at radius 1 is 0.931 bits per heavy atom. The molecule has 7 heteroatoms. The van der Waals surface area contributed by atoms with E-state index >= 15 is 0 Å². The van der Waals surface area contributed by atoms with E-state index in [1.165, 1.54) is 0 Å². The first-order valence-electron chi connectivity index (χ1n) is 9.68. The minimum Gasteiger partial charge on any atom is -0.452 e. The fraction of sp³-hybridized carbons (Fsp3) is 0.318. The van der Waals surface area contributed by atoms with E-state index in [-0.39, 0.29) is 5.91 Å². The molecule has 0 spiro atoms. The summed E-state index contributed by atoms with van der Waals surface area (Å²) < 4.78 is 5.09. The molecule has 2 N–H and O–H groups in total. The number of anilines is 2. The molecule has 0 bridgehead atoms. The van der Waals surface area contributed by atoms with E-state index in [0.29, 0.717) is 23.4 Å². The van der Waals surface area contributed by atoms with Crippen molar-refractivity contribution in [3.05, 3.63) is 59.7 Å². The van der Waals surface area contributed by atoms with Gasteiger partial charge in [-0.15, -0.1) is 0 Å². The van der Waals surface area contributed by atoms with Crippen molar-refractivity contribution in [3.63, 3.8) is 0 Å². The van der Waals surface area contributed by atoms with Crippen LogP contribution in [0.2, 0.25) is 0 Å². The van der Waals surface area contributed by atoms with Crippen LogP contribution >= 0.6 is 0 Å². The lowest BCUT2D eigenvalue weighted by Gasteiger charge is -2.20. The summed E-state index contributed by atoms with van der Waals surface area (Å²) in [5.74, 6) is -1.27. The van der Waals surface area contributed by atoms with Crippen molar-refractivity contribution >= 4 is 29.2 Å². The first kappa shape index (κ1) is 21.9. The number of rotatable bonds is 9. The zero-order valence-electron chi connectivity index (χ0n) is 17.0. The summed E-state index contributed by atoms with van der Waals surface area (Å²) in [6.07, 6.45) is 0. The fourth-order valence-electron chi connectivity index (χ4n) is 2.81. The highest BCUT2D eigenvalue weighted by Gasteiger charge is 2.12. The molecule has 2 aromatic rings. The molecule has 0 atom stereocenters. The molecule has 2 amide bonds. The third kappa shape index (κ3) is 6.34. The SMILES string of the molecule is CCNC(=O)c1cccc(NC(=O)COC(=O)c2ccc(N(CC)CC)cc2)c1. The van der Waals surface area contributed by atoms with Gasteiger partial charge < -0.3 is 20.3 Å². The topological polar surface area (TPSA) is 87.7 Å². The summed E-state index contributed by atoms with van der Waals surface area (Å²) in [6, 6.07) is 13.6. The van der Waals surface area contributed by atoms with Gasteiger partial charge in [0.05, 0.1) is 5.56 Å². The van der Waals surface area contributed by atoms with Crippen molar-refractivity contribution in [2.75, 3.05) is 36.5 Å². The molecule has 0 saturated heterocycles. The molecule has 0 aliphatic rings. The highest BCUT2D eigenvalue weighted by Crippen LogP contribution is 2.15. The summed E-state index contributed by atoms with van der Waals surface area (Å²) in [6.45, 7) is 7.81. The van der Waals surface area contributed by atoms with Gasteiger partial charge in [0.25, 0.3) is 11.8 Å². The van der Waals surface area contributed by atoms with Crippen molar-refractivity contribution in [2.45, 2.75) is 20.8 Å². The molecule has 0 unspecified atom stereocenters. The Balaban J connectivity index is 1.90. The van der Waals surface area contributed by atoms with Gasteiger partial charge in [-0.1, -0.05) is 6.07 Å². The number of ether oxygens (including phenoxy) is 1. The van der Waals surface area contributed by atoms with E-state index < -0.39 is 18.5 Å². The highest BCUT2D eigenvalue weighted by atomic mass is 16.5. The molecule has 0 aliphatic heterocycles. The number of carbonyl (C=O) groups excluding carboxylic acids is 3. The standard InChI is InChI=1S/C22H27N3O4/c1-4-23-21(27)17-8-7-9-18(14-17)24-20(26)15-29-22(28)16-10-12-19(13-11-16)25(5-2)6-3/h7-14H,4-6,15H2,1-3H3,(H,23,27)(H,24,26). The van der Waals surface area contributed by atoms with Crippen molar-refractivity contribution in [1.29, 1.82) is 0 Å². The van der Waals surface area contributed by atoms with E-state index in [0.717, 1.165) is 18.8 Å². The molecule has 2 aromatic carbocycles. The minimum atomic E-state index is -0.567. The summed E-state index contributed by atoms with van der Waals surface area (Å²) in [5, 5.41) is 5.32. The molecule has 0 fully saturated rings. The number of esters is 1. The average Bonchev–Trinajstić information content (AvgIpc) is 2.74. The number of nitrogens with zero attached hydrogens (tertiary/aromatic N) is 1. The Kier molecular flexibility index (Phi) is 8.21. The van der Waals surface area contributed by atoms with Gasteiger partial charge in [0.1, 0.15) is 0 Å². The van der Waals surface area contributed by atoms with Crippen molar-refractivity contribution in [1.82, 2.24) is 5.32 Å². The molecular weight excluding hydrogens is 370 g/mol. The molecule has 7 nitrogen and oxygen atoms in total. The second-order valence-corrected chi connectivity index (χ2v) is 6.28. The van der Waals surface area contributed by atoms with Gasteiger partial charge in [-0.3, -0.25) is 9.59 Å². The molecule has 154 valence electrons. The summed E-state index contributed by atoms with van der Waals surface area (Å²) in [7, 11) is 0. The van der Waals surface area contributed by atoms with E-state index in [1.54, 1.807) is 36.4 Å². The Bertz CT molecular complexity index is 845. The maximum Gasteiger partial charge on any atom is 0.338 e. The molecule has 29 heavy (non-hydrogen) atoms. The van der Waals surface area contributed by atoms with Crippen LogP contribution in [0.1, 0.15) is 41.5 Å². The first-order chi connectivity index (χ1) is 14.0. The van der Waals surface area contributed by atoms with Gasteiger partial charge in [-0.05, 0) is 63.2 Å². The van der Waals surface area contributed by atoms with Crippen LogP contribution in [0, 0.1) is 0 Å². The van der Waals surface area contributed by atoms with Crippen LogP contribution in [0.15, 0.2) is 48.5 Å². The lowest BCUT2D eigenvalue weighted by atomic mass is 10.2. The van der Waals surface area contributed by atoms with E-state index in [9.17, 15) is 14.4 Å². The molecule has 0 saturated carbocycles. The van der Waals surface area contributed by atoms with Crippen molar-refractivity contribution in [3.8, 4) is 0 Å². The van der Waals surface area contributed by atoms with Crippen LogP contribution in [0.4, 0.5) is 11.4 Å². The second-order valence-electron chi connectivity index (χ2n) is 6.28. The second kappa shape index (κ2) is 10.8. The highest BCUT2D eigenvalue weighted by molar-refractivity contribution is 5.98. The molecule has 0 radical (unpaired) electrons. The van der Waals surface area contributed by atoms with Gasteiger partial charge in [0, 0.05) is 36.6 Å². The molecule has 0 aromatic heterocycles. The lowest BCUT2D eigenvalue weighted by Crippen LogP contribution is -2.23. The zero-order chi connectivity index (χ0) is 21.2. The van der Waals surface area contributed by atoms with Gasteiger partial charge in [-0.2, -0.15) is 0 Å². The predicted octanol–water partition coefficient (Wildman–Crippen LogP) is 3.08.